The summed E-state index contributed by atoms with van der Waals surface area (Å²) in [7, 11) is -3.12. The van der Waals surface area contributed by atoms with Crippen LogP contribution in [0.2, 0.25) is 0 Å². The number of hydrogen-bond donors (Lipinski definition) is 2. The maximum absolute atomic E-state index is 11.8. The van der Waals surface area contributed by atoms with E-state index in [0.29, 0.717) is 26.2 Å². The summed E-state index contributed by atoms with van der Waals surface area (Å²) in [4.78, 5) is 17.8. The summed E-state index contributed by atoms with van der Waals surface area (Å²) in [5.41, 5.74) is 2.28. The highest BCUT2D eigenvalue weighted by atomic mass is 32.2. The predicted molar refractivity (Wildman–Crippen MR) is 110 cm³/mol. The number of rotatable bonds is 5. The summed E-state index contributed by atoms with van der Waals surface area (Å²) in [5.74, 6) is 1.66. The Labute approximate surface area is 175 Å². The molecule has 0 radical (unpaired) electrons. The average molecular weight is 438 g/mol. The van der Waals surface area contributed by atoms with Crippen LogP contribution in [0.5, 0.6) is 0 Å². The molecule has 0 saturated carbocycles. The predicted octanol–water partition coefficient (Wildman–Crippen LogP) is 0.429. The van der Waals surface area contributed by atoms with Crippen molar-refractivity contribution in [3.05, 3.63) is 29.5 Å². The van der Waals surface area contributed by atoms with Crippen LogP contribution < -0.4 is 5.32 Å². The minimum atomic E-state index is -3.12. The zero-order chi connectivity index (χ0) is 21.8. The Morgan fingerprint density at radius 2 is 1.97 bits per heavy atom. The standard InChI is InChI=1S/C17H25N7O2S.CH2O2/c1-13-20-15-14(16(21-13)18-7-11-23-12-8-19-22-23)3-4-17(15)5-9-24(10-6-17)27(2,25)26;2-1-3/h8,12H,3-7,9-11H2,1-2H3,(H,18,20,21);1H,(H,2,3). The van der Waals surface area contributed by atoms with Gasteiger partial charge in [-0.05, 0) is 32.6 Å². The molecule has 1 aliphatic carbocycles. The Balaban J connectivity index is 0.000000806. The van der Waals surface area contributed by atoms with Crippen molar-refractivity contribution in [1.29, 1.82) is 0 Å². The van der Waals surface area contributed by atoms with Gasteiger partial charge in [0.25, 0.3) is 6.47 Å². The first-order valence-electron chi connectivity index (χ1n) is 9.78. The molecule has 1 spiro atoms. The minimum absolute atomic E-state index is 0.0213. The summed E-state index contributed by atoms with van der Waals surface area (Å²) in [6, 6.07) is 0. The minimum Gasteiger partial charge on any atom is -0.483 e. The SMILES string of the molecule is Cc1nc(NCCn2ccnn2)c2c(n1)C1(CC2)CCN(S(C)(=O)=O)CC1.O=CO. The number of carboxylic acid groups (broad SMARTS) is 1. The van der Waals surface area contributed by atoms with Crippen molar-refractivity contribution in [2.24, 2.45) is 0 Å². The number of piperidine rings is 1. The lowest BCUT2D eigenvalue weighted by Gasteiger charge is -2.38. The second kappa shape index (κ2) is 9.04. The van der Waals surface area contributed by atoms with Gasteiger partial charge in [-0.3, -0.25) is 9.48 Å². The lowest BCUT2D eigenvalue weighted by atomic mass is 9.76. The van der Waals surface area contributed by atoms with Crippen molar-refractivity contribution < 1.29 is 18.3 Å². The first kappa shape index (κ1) is 22.1. The van der Waals surface area contributed by atoms with E-state index in [4.69, 9.17) is 14.9 Å². The number of nitrogens with one attached hydrogen (secondary N) is 1. The van der Waals surface area contributed by atoms with Gasteiger partial charge in [-0.1, -0.05) is 5.21 Å². The number of carbonyl (C=O) groups is 1. The van der Waals surface area contributed by atoms with Crippen LogP contribution in [-0.2, 0) is 33.2 Å². The number of aromatic nitrogens is 5. The highest BCUT2D eigenvalue weighted by Gasteiger charge is 2.45. The molecule has 4 rings (SSSR count). The van der Waals surface area contributed by atoms with Crippen LogP contribution in [0.15, 0.2) is 12.4 Å². The number of aryl methyl sites for hydroxylation is 1. The third-order valence-corrected chi connectivity index (χ3v) is 7.03. The summed E-state index contributed by atoms with van der Waals surface area (Å²) < 4.78 is 27.0. The molecule has 0 atom stereocenters. The molecule has 3 heterocycles. The lowest BCUT2D eigenvalue weighted by Crippen LogP contribution is -2.44. The van der Waals surface area contributed by atoms with Gasteiger partial charge < -0.3 is 10.4 Å². The average Bonchev–Trinajstić information content (AvgIpc) is 3.31. The molecule has 2 aromatic heterocycles. The molecule has 30 heavy (non-hydrogen) atoms. The summed E-state index contributed by atoms with van der Waals surface area (Å²) >= 11 is 0. The molecule has 12 heteroatoms. The second-order valence-corrected chi connectivity index (χ2v) is 9.57. The van der Waals surface area contributed by atoms with E-state index in [1.165, 1.54) is 11.8 Å². The van der Waals surface area contributed by atoms with Gasteiger partial charge in [0.15, 0.2) is 0 Å². The smallest absolute Gasteiger partial charge is 0.290 e. The molecule has 0 amide bonds. The number of sulfonamides is 1. The highest BCUT2D eigenvalue weighted by molar-refractivity contribution is 7.88. The Bertz CT molecular complexity index is 971. The fourth-order valence-corrected chi connectivity index (χ4v) is 5.12. The van der Waals surface area contributed by atoms with Gasteiger partial charge in [0, 0.05) is 36.8 Å². The Morgan fingerprint density at radius 3 is 2.57 bits per heavy atom. The molecule has 11 nitrogen and oxygen atoms in total. The molecular formula is C18H27N7O4S. The molecule has 164 valence electrons. The van der Waals surface area contributed by atoms with Gasteiger partial charge in [-0.2, -0.15) is 0 Å². The largest absolute Gasteiger partial charge is 0.483 e. The molecule has 1 aliphatic heterocycles. The second-order valence-electron chi connectivity index (χ2n) is 7.59. The summed E-state index contributed by atoms with van der Waals surface area (Å²) in [6.07, 6.45) is 8.37. The van der Waals surface area contributed by atoms with Crippen molar-refractivity contribution in [3.8, 4) is 0 Å². The molecular weight excluding hydrogens is 410 g/mol. The summed E-state index contributed by atoms with van der Waals surface area (Å²) in [6.45, 7) is 4.22. The molecule has 2 aromatic rings. The van der Waals surface area contributed by atoms with E-state index in [1.807, 2.05) is 13.1 Å². The first-order chi connectivity index (χ1) is 14.3. The van der Waals surface area contributed by atoms with Gasteiger partial charge in [-0.25, -0.2) is 22.7 Å². The fraction of sp³-hybridized carbons (Fsp3) is 0.611. The van der Waals surface area contributed by atoms with E-state index in [1.54, 1.807) is 15.2 Å². The van der Waals surface area contributed by atoms with Crippen LogP contribution in [-0.4, -0.2) is 75.2 Å². The third kappa shape index (κ3) is 4.75. The van der Waals surface area contributed by atoms with Crippen molar-refractivity contribution >= 4 is 22.3 Å². The zero-order valence-corrected chi connectivity index (χ0v) is 18.0. The van der Waals surface area contributed by atoms with Crippen LogP contribution in [0, 0.1) is 6.92 Å². The van der Waals surface area contributed by atoms with E-state index < -0.39 is 10.0 Å². The van der Waals surface area contributed by atoms with Crippen LogP contribution in [0.4, 0.5) is 5.82 Å². The number of fused-ring (bicyclic) bond motifs is 2. The van der Waals surface area contributed by atoms with Crippen molar-refractivity contribution in [1.82, 2.24) is 29.3 Å². The Morgan fingerprint density at radius 1 is 1.27 bits per heavy atom. The van der Waals surface area contributed by atoms with E-state index in [2.05, 4.69) is 20.6 Å². The monoisotopic (exact) mass is 437 g/mol. The molecule has 0 unspecified atom stereocenters. The van der Waals surface area contributed by atoms with Crippen LogP contribution in [0.25, 0.3) is 0 Å². The molecule has 0 bridgehead atoms. The van der Waals surface area contributed by atoms with Crippen LogP contribution >= 0.6 is 0 Å². The quantitative estimate of drug-likeness (QED) is 0.636. The van der Waals surface area contributed by atoms with E-state index in [9.17, 15) is 8.42 Å². The van der Waals surface area contributed by atoms with Crippen molar-refractivity contribution in [2.45, 2.75) is 44.6 Å². The van der Waals surface area contributed by atoms with Crippen LogP contribution in [0.3, 0.4) is 0 Å². The first-order valence-corrected chi connectivity index (χ1v) is 11.6. The maximum atomic E-state index is 11.8. The van der Waals surface area contributed by atoms with Gasteiger partial charge in [-0.15, -0.1) is 5.10 Å². The highest BCUT2D eigenvalue weighted by Crippen LogP contribution is 2.47. The molecule has 2 aliphatic rings. The van der Waals surface area contributed by atoms with Crippen LogP contribution in [0.1, 0.15) is 36.3 Å². The Kier molecular flexibility index (Phi) is 6.66. The van der Waals surface area contributed by atoms with Gasteiger partial charge >= 0.3 is 0 Å². The van der Waals surface area contributed by atoms with Gasteiger partial charge in [0.2, 0.25) is 10.0 Å². The molecule has 1 fully saturated rings. The third-order valence-electron chi connectivity index (χ3n) is 5.73. The number of anilines is 1. The van der Waals surface area contributed by atoms with E-state index in [-0.39, 0.29) is 11.9 Å². The van der Waals surface area contributed by atoms with E-state index in [0.717, 1.165) is 43.0 Å². The van der Waals surface area contributed by atoms with E-state index >= 15 is 0 Å². The molecule has 1 saturated heterocycles. The summed E-state index contributed by atoms with van der Waals surface area (Å²) in [5, 5.41) is 18.1. The molecule has 2 N–H and O–H groups in total. The Hall–Kier alpha value is -2.60. The van der Waals surface area contributed by atoms with Crippen molar-refractivity contribution in [2.75, 3.05) is 31.2 Å². The van der Waals surface area contributed by atoms with Crippen molar-refractivity contribution in [3.63, 3.8) is 0 Å². The van der Waals surface area contributed by atoms with Gasteiger partial charge in [0.05, 0.1) is 24.7 Å². The topological polar surface area (TPSA) is 143 Å². The number of hydrogen-bond acceptors (Lipinski definition) is 8. The van der Waals surface area contributed by atoms with Gasteiger partial charge in [0.1, 0.15) is 11.6 Å². The molecule has 0 aromatic carbocycles. The normalized spacial score (nSPS) is 17.8. The zero-order valence-electron chi connectivity index (χ0n) is 17.2. The lowest BCUT2D eigenvalue weighted by molar-refractivity contribution is -0.122. The fourth-order valence-electron chi connectivity index (χ4n) is 4.27. The maximum Gasteiger partial charge on any atom is 0.290 e. The number of nitrogens with zero attached hydrogens (tertiary/aromatic N) is 6.